The van der Waals surface area contributed by atoms with Crippen LogP contribution in [0, 0.1) is 0 Å². The second-order valence-corrected chi connectivity index (χ2v) is 5.46. The third-order valence-corrected chi connectivity index (χ3v) is 4.28. The minimum absolute atomic E-state index is 0.0279. The first kappa shape index (κ1) is 12.9. The van der Waals surface area contributed by atoms with Gasteiger partial charge in [-0.05, 0) is 23.1 Å². The predicted molar refractivity (Wildman–Crippen MR) is 74.5 cm³/mol. The SMILES string of the molecule is NNC(Cc1cccs1)c1cccc(Cl)c1Cl. The number of halogens is 2. The molecule has 1 aromatic carbocycles. The summed E-state index contributed by atoms with van der Waals surface area (Å²) < 4.78 is 0. The molecule has 0 aliphatic carbocycles. The summed E-state index contributed by atoms with van der Waals surface area (Å²) in [5, 5.41) is 3.16. The molecule has 0 spiro atoms. The van der Waals surface area contributed by atoms with Crippen molar-refractivity contribution < 1.29 is 0 Å². The van der Waals surface area contributed by atoms with Crippen molar-refractivity contribution in [3.8, 4) is 0 Å². The van der Waals surface area contributed by atoms with Crippen molar-refractivity contribution >= 4 is 34.5 Å². The molecule has 0 saturated heterocycles. The van der Waals surface area contributed by atoms with Crippen LogP contribution >= 0.6 is 34.5 Å². The summed E-state index contributed by atoms with van der Waals surface area (Å²) in [6, 6.07) is 9.65. The number of rotatable bonds is 4. The van der Waals surface area contributed by atoms with Gasteiger partial charge in [0.05, 0.1) is 16.1 Å². The van der Waals surface area contributed by atoms with Crippen LogP contribution in [0.1, 0.15) is 16.5 Å². The monoisotopic (exact) mass is 286 g/mol. The van der Waals surface area contributed by atoms with Gasteiger partial charge in [-0.3, -0.25) is 11.3 Å². The summed E-state index contributed by atoms with van der Waals surface area (Å²) in [6.07, 6.45) is 0.800. The van der Waals surface area contributed by atoms with Gasteiger partial charge in [-0.1, -0.05) is 41.4 Å². The van der Waals surface area contributed by atoms with Crippen LogP contribution in [0.2, 0.25) is 10.0 Å². The van der Waals surface area contributed by atoms with Gasteiger partial charge < -0.3 is 0 Å². The standard InChI is InChI=1S/C12H12Cl2N2S/c13-10-5-1-4-9(12(10)14)11(16-15)7-8-3-2-6-17-8/h1-6,11,16H,7,15H2. The Hall–Kier alpha value is -0.580. The molecule has 2 nitrogen and oxygen atoms in total. The maximum atomic E-state index is 6.18. The molecule has 2 rings (SSSR count). The van der Waals surface area contributed by atoms with Crippen molar-refractivity contribution in [2.45, 2.75) is 12.5 Å². The van der Waals surface area contributed by atoms with E-state index in [0.717, 1.165) is 12.0 Å². The highest BCUT2D eigenvalue weighted by molar-refractivity contribution is 7.09. The Bertz CT molecular complexity index is 485. The lowest BCUT2D eigenvalue weighted by molar-refractivity contribution is 0.556. The number of hydrogen-bond acceptors (Lipinski definition) is 3. The molecule has 0 aliphatic heterocycles. The van der Waals surface area contributed by atoms with Gasteiger partial charge in [0.1, 0.15) is 0 Å². The molecule has 90 valence electrons. The van der Waals surface area contributed by atoms with E-state index in [-0.39, 0.29) is 6.04 Å². The molecule has 5 heteroatoms. The smallest absolute Gasteiger partial charge is 0.0640 e. The van der Waals surface area contributed by atoms with E-state index in [2.05, 4.69) is 11.5 Å². The Balaban J connectivity index is 2.26. The molecule has 17 heavy (non-hydrogen) atoms. The average molecular weight is 287 g/mol. The summed E-state index contributed by atoms with van der Waals surface area (Å²) in [5.74, 6) is 5.59. The van der Waals surface area contributed by atoms with Crippen LogP contribution < -0.4 is 11.3 Å². The fourth-order valence-electron chi connectivity index (χ4n) is 1.68. The van der Waals surface area contributed by atoms with Gasteiger partial charge >= 0.3 is 0 Å². The van der Waals surface area contributed by atoms with Crippen LogP contribution in [0.3, 0.4) is 0 Å². The van der Waals surface area contributed by atoms with Crippen molar-refractivity contribution in [1.82, 2.24) is 5.43 Å². The number of nitrogens with two attached hydrogens (primary N) is 1. The van der Waals surface area contributed by atoms with Crippen molar-refractivity contribution in [2.75, 3.05) is 0 Å². The second kappa shape index (κ2) is 5.85. The summed E-state index contributed by atoms with van der Waals surface area (Å²) in [5.41, 5.74) is 3.71. The van der Waals surface area contributed by atoms with Gasteiger partial charge in [0.2, 0.25) is 0 Å². The minimum atomic E-state index is -0.0279. The highest BCUT2D eigenvalue weighted by atomic mass is 35.5. The van der Waals surface area contributed by atoms with Gasteiger partial charge in [0, 0.05) is 11.3 Å². The molecule has 2 aromatic rings. The van der Waals surface area contributed by atoms with E-state index in [4.69, 9.17) is 29.0 Å². The van der Waals surface area contributed by atoms with Gasteiger partial charge in [-0.2, -0.15) is 0 Å². The second-order valence-electron chi connectivity index (χ2n) is 3.65. The van der Waals surface area contributed by atoms with Crippen molar-refractivity contribution in [3.63, 3.8) is 0 Å². The zero-order valence-electron chi connectivity index (χ0n) is 8.99. The van der Waals surface area contributed by atoms with Crippen LogP contribution in [0.25, 0.3) is 0 Å². The molecule has 1 unspecified atom stereocenters. The van der Waals surface area contributed by atoms with Gasteiger partial charge in [-0.25, -0.2) is 0 Å². The summed E-state index contributed by atoms with van der Waals surface area (Å²) >= 11 is 13.9. The largest absolute Gasteiger partial charge is 0.271 e. The van der Waals surface area contributed by atoms with E-state index >= 15 is 0 Å². The van der Waals surface area contributed by atoms with E-state index in [9.17, 15) is 0 Å². The van der Waals surface area contributed by atoms with Crippen LogP contribution in [-0.4, -0.2) is 0 Å². The van der Waals surface area contributed by atoms with Gasteiger partial charge in [0.15, 0.2) is 0 Å². The quantitative estimate of drug-likeness (QED) is 0.663. The lowest BCUT2D eigenvalue weighted by atomic mass is 10.0. The molecule has 3 N–H and O–H groups in total. The Labute approximate surface area is 114 Å². The first-order valence-corrected chi connectivity index (χ1v) is 6.78. The fraction of sp³-hybridized carbons (Fsp3) is 0.167. The molecular formula is C12H12Cl2N2S. The molecular weight excluding hydrogens is 275 g/mol. The van der Waals surface area contributed by atoms with E-state index in [1.54, 1.807) is 17.4 Å². The molecule has 1 aromatic heterocycles. The van der Waals surface area contributed by atoms with E-state index < -0.39 is 0 Å². The number of benzene rings is 1. The van der Waals surface area contributed by atoms with Gasteiger partial charge in [-0.15, -0.1) is 11.3 Å². The third-order valence-electron chi connectivity index (χ3n) is 2.54. The molecule has 0 fully saturated rings. The number of thiophene rings is 1. The molecule has 0 saturated carbocycles. The number of hydrogen-bond donors (Lipinski definition) is 2. The van der Waals surface area contributed by atoms with Gasteiger partial charge in [0.25, 0.3) is 0 Å². The molecule has 0 aliphatic rings. The predicted octanol–water partition coefficient (Wildman–Crippen LogP) is 3.80. The summed E-state index contributed by atoms with van der Waals surface area (Å²) in [7, 11) is 0. The normalized spacial score (nSPS) is 12.6. The first-order valence-electron chi connectivity index (χ1n) is 5.14. The number of nitrogens with one attached hydrogen (secondary N) is 1. The van der Waals surface area contributed by atoms with Crippen LogP contribution in [0.15, 0.2) is 35.7 Å². The fourth-order valence-corrected chi connectivity index (χ4v) is 2.87. The average Bonchev–Trinajstić information content (AvgIpc) is 2.83. The lowest BCUT2D eigenvalue weighted by Crippen LogP contribution is -2.29. The molecule has 0 radical (unpaired) electrons. The maximum Gasteiger partial charge on any atom is 0.0640 e. The van der Waals surface area contributed by atoms with E-state index in [1.165, 1.54) is 4.88 Å². The van der Waals surface area contributed by atoms with Crippen molar-refractivity contribution in [2.24, 2.45) is 5.84 Å². The molecule has 0 amide bonds. The minimum Gasteiger partial charge on any atom is -0.271 e. The molecule has 0 bridgehead atoms. The molecule has 1 atom stereocenters. The van der Waals surface area contributed by atoms with Crippen molar-refractivity contribution in [3.05, 3.63) is 56.2 Å². The molecule has 1 heterocycles. The first-order chi connectivity index (χ1) is 8.22. The van der Waals surface area contributed by atoms with Crippen LogP contribution in [0.5, 0.6) is 0 Å². The van der Waals surface area contributed by atoms with Crippen molar-refractivity contribution in [1.29, 1.82) is 0 Å². The Morgan fingerprint density at radius 3 is 2.71 bits per heavy atom. The Morgan fingerprint density at radius 1 is 1.24 bits per heavy atom. The van der Waals surface area contributed by atoms with Crippen LogP contribution in [0.4, 0.5) is 0 Å². The topological polar surface area (TPSA) is 38.0 Å². The summed E-state index contributed by atoms with van der Waals surface area (Å²) in [4.78, 5) is 1.25. The summed E-state index contributed by atoms with van der Waals surface area (Å²) in [6.45, 7) is 0. The number of hydrazine groups is 1. The third kappa shape index (κ3) is 3.00. The zero-order valence-corrected chi connectivity index (χ0v) is 11.3. The van der Waals surface area contributed by atoms with E-state index in [1.807, 2.05) is 23.6 Å². The highest BCUT2D eigenvalue weighted by Crippen LogP contribution is 2.31. The maximum absolute atomic E-state index is 6.18. The Morgan fingerprint density at radius 2 is 2.06 bits per heavy atom. The Kier molecular flexibility index (Phi) is 4.42. The van der Waals surface area contributed by atoms with Crippen LogP contribution in [-0.2, 0) is 6.42 Å². The van der Waals surface area contributed by atoms with E-state index in [0.29, 0.717) is 10.0 Å². The lowest BCUT2D eigenvalue weighted by Gasteiger charge is -2.17. The zero-order chi connectivity index (χ0) is 12.3. The highest BCUT2D eigenvalue weighted by Gasteiger charge is 2.15.